The Morgan fingerprint density at radius 1 is 0.810 bits per heavy atom. The summed E-state index contributed by atoms with van der Waals surface area (Å²) in [5, 5.41) is 3.50. The summed E-state index contributed by atoms with van der Waals surface area (Å²) in [5.41, 5.74) is 4.21. The third kappa shape index (κ3) is 4.44. The van der Waals surface area contributed by atoms with Gasteiger partial charge in [-0.2, -0.15) is 0 Å². The standard InChI is InChI=1S/C20H27N/c1-4-15-21-16-14-20(2,3)19-12-10-18(11-13-19)17-8-6-5-7-9-17/h5-13,21H,4,14-16H2,1-3H3. The predicted octanol–water partition coefficient (Wildman–Crippen LogP) is 5.02. The zero-order valence-electron chi connectivity index (χ0n) is 13.5. The molecule has 2 rings (SSSR count). The molecule has 0 amide bonds. The normalized spacial score (nSPS) is 11.6. The summed E-state index contributed by atoms with van der Waals surface area (Å²) in [7, 11) is 0. The Kier molecular flexibility index (Phi) is 5.58. The monoisotopic (exact) mass is 281 g/mol. The van der Waals surface area contributed by atoms with Gasteiger partial charge in [-0.1, -0.05) is 75.4 Å². The maximum atomic E-state index is 3.50. The predicted molar refractivity (Wildman–Crippen MR) is 92.7 cm³/mol. The summed E-state index contributed by atoms with van der Waals surface area (Å²) in [5.74, 6) is 0. The zero-order chi connectivity index (χ0) is 15.1. The summed E-state index contributed by atoms with van der Waals surface area (Å²) < 4.78 is 0. The van der Waals surface area contributed by atoms with Crippen molar-refractivity contribution in [2.24, 2.45) is 0 Å². The SMILES string of the molecule is CCCNCCC(C)(C)c1ccc(-c2ccccc2)cc1. The lowest BCUT2D eigenvalue weighted by Crippen LogP contribution is -2.25. The molecular formula is C20H27N. The second-order valence-electron chi connectivity index (χ2n) is 6.33. The van der Waals surface area contributed by atoms with Gasteiger partial charge >= 0.3 is 0 Å². The summed E-state index contributed by atoms with van der Waals surface area (Å²) in [4.78, 5) is 0. The van der Waals surface area contributed by atoms with Crippen molar-refractivity contribution < 1.29 is 0 Å². The molecule has 1 heteroatoms. The van der Waals surface area contributed by atoms with Crippen molar-refractivity contribution in [3.63, 3.8) is 0 Å². The molecule has 0 radical (unpaired) electrons. The highest BCUT2D eigenvalue weighted by Gasteiger charge is 2.19. The van der Waals surface area contributed by atoms with Crippen molar-refractivity contribution in [2.75, 3.05) is 13.1 Å². The highest BCUT2D eigenvalue weighted by atomic mass is 14.8. The van der Waals surface area contributed by atoms with Gasteiger partial charge in [0.2, 0.25) is 0 Å². The van der Waals surface area contributed by atoms with Crippen molar-refractivity contribution in [3.05, 3.63) is 60.2 Å². The van der Waals surface area contributed by atoms with Crippen LogP contribution < -0.4 is 5.32 Å². The summed E-state index contributed by atoms with van der Waals surface area (Å²) >= 11 is 0. The van der Waals surface area contributed by atoms with Gasteiger partial charge in [0.05, 0.1) is 0 Å². The fraction of sp³-hybridized carbons (Fsp3) is 0.400. The van der Waals surface area contributed by atoms with Gasteiger partial charge in [0.15, 0.2) is 0 Å². The van der Waals surface area contributed by atoms with Crippen LogP contribution in [-0.2, 0) is 5.41 Å². The summed E-state index contributed by atoms with van der Waals surface area (Å²) in [6.07, 6.45) is 2.36. The first-order valence-corrected chi connectivity index (χ1v) is 8.00. The third-order valence-electron chi connectivity index (χ3n) is 4.13. The molecule has 0 fully saturated rings. The quantitative estimate of drug-likeness (QED) is 0.703. The van der Waals surface area contributed by atoms with Crippen molar-refractivity contribution in [3.8, 4) is 11.1 Å². The molecule has 0 heterocycles. The van der Waals surface area contributed by atoms with Crippen LogP contribution in [0.2, 0.25) is 0 Å². The summed E-state index contributed by atoms with van der Waals surface area (Å²) in [6, 6.07) is 19.6. The van der Waals surface area contributed by atoms with Gasteiger partial charge in [0.1, 0.15) is 0 Å². The first-order chi connectivity index (χ1) is 10.1. The van der Waals surface area contributed by atoms with Crippen molar-refractivity contribution in [2.45, 2.75) is 39.0 Å². The van der Waals surface area contributed by atoms with Crippen LogP contribution in [-0.4, -0.2) is 13.1 Å². The lowest BCUT2D eigenvalue weighted by atomic mass is 9.81. The Hall–Kier alpha value is -1.60. The smallest absolute Gasteiger partial charge is 0.00406 e. The van der Waals surface area contributed by atoms with E-state index in [-0.39, 0.29) is 5.41 Å². The molecule has 0 aliphatic rings. The van der Waals surface area contributed by atoms with E-state index in [4.69, 9.17) is 0 Å². The van der Waals surface area contributed by atoms with Gasteiger partial charge in [-0.15, -0.1) is 0 Å². The Morgan fingerprint density at radius 3 is 2.05 bits per heavy atom. The molecule has 0 spiro atoms. The fourth-order valence-electron chi connectivity index (χ4n) is 2.59. The van der Waals surface area contributed by atoms with E-state index in [1.807, 2.05) is 0 Å². The first-order valence-electron chi connectivity index (χ1n) is 8.00. The number of rotatable bonds is 7. The van der Waals surface area contributed by atoms with Crippen LogP contribution >= 0.6 is 0 Å². The lowest BCUT2D eigenvalue weighted by molar-refractivity contribution is 0.457. The molecule has 0 saturated heterocycles. The molecule has 2 aromatic carbocycles. The fourth-order valence-corrected chi connectivity index (χ4v) is 2.59. The first kappa shape index (κ1) is 15.8. The highest BCUT2D eigenvalue weighted by Crippen LogP contribution is 2.29. The van der Waals surface area contributed by atoms with Crippen LogP contribution in [0.5, 0.6) is 0 Å². The van der Waals surface area contributed by atoms with Gasteiger partial charge in [-0.05, 0) is 48.0 Å². The number of benzene rings is 2. The number of nitrogens with one attached hydrogen (secondary N) is 1. The largest absolute Gasteiger partial charge is 0.317 e. The van der Waals surface area contributed by atoms with Crippen molar-refractivity contribution >= 4 is 0 Å². The molecule has 0 unspecified atom stereocenters. The van der Waals surface area contributed by atoms with Crippen LogP contribution in [0.4, 0.5) is 0 Å². The molecule has 0 aliphatic carbocycles. The molecule has 0 atom stereocenters. The van der Waals surface area contributed by atoms with Crippen molar-refractivity contribution in [1.29, 1.82) is 0 Å². The molecular weight excluding hydrogens is 254 g/mol. The molecule has 0 saturated carbocycles. The minimum Gasteiger partial charge on any atom is -0.317 e. The van der Waals surface area contributed by atoms with Crippen LogP contribution in [0.1, 0.15) is 39.2 Å². The average Bonchev–Trinajstić information content (AvgIpc) is 2.53. The van der Waals surface area contributed by atoms with E-state index in [9.17, 15) is 0 Å². The minimum absolute atomic E-state index is 0.218. The molecule has 0 aliphatic heterocycles. The molecule has 2 aromatic rings. The average molecular weight is 281 g/mol. The van der Waals surface area contributed by atoms with Crippen LogP contribution in [0.3, 0.4) is 0 Å². The highest BCUT2D eigenvalue weighted by molar-refractivity contribution is 5.63. The van der Waals surface area contributed by atoms with Gasteiger partial charge in [0.25, 0.3) is 0 Å². The van der Waals surface area contributed by atoms with Gasteiger partial charge in [-0.3, -0.25) is 0 Å². The van der Waals surface area contributed by atoms with E-state index in [2.05, 4.69) is 80.7 Å². The van der Waals surface area contributed by atoms with E-state index < -0.39 is 0 Å². The van der Waals surface area contributed by atoms with Crippen LogP contribution in [0, 0.1) is 0 Å². The van der Waals surface area contributed by atoms with Gasteiger partial charge in [-0.25, -0.2) is 0 Å². The van der Waals surface area contributed by atoms with Crippen LogP contribution in [0.25, 0.3) is 11.1 Å². The van der Waals surface area contributed by atoms with Crippen molar-refractivity contribution in [1.82, 2.24) is 5.32 Å². The molecule has 1 nitrogen and oxygen atoms in total. The van der Waals surface area contributed by atoms with E-state index in [1.54, 1.807) is 0 Å². The second-order valence-corrected chi connectivity index (χ2v) is 6.33. The van der Waals surface area contributed by atoms with E-state index >= 15 is 0 Å². The molecule has 0 bridgehead atoms. The molecule has 21 heavy (non-hydrogen) atoms. The van der Waals surface area contributed by atoms with E-state index in [0.717, 1.165) is 19.5 Å². The Morgan fingerprint density at radius 2 is 1.43 bits per heavy atom. The lowest BCUT2D eigenvalue weighted by Gasteiger charge is -2.25. The molecule has 0 aromatic heterocycles. The summed E-state index contributed by atoms with van der Waals surface area (Å²) in [6.45, 7) is 9.07. The molecule has 112 valence electrons. The van der Waals surface area contributed by atoms with E-state index in [1.165, 1.54) is 23.1 Å². The zero-order valence-corrected chi connectivity index (χ0v) is 13.5. The van der Waals surface area contributed by atoms with Gasteiger partial charge in [0, 0.05) is 0 Å². The Bertz CT molecular complexity index is 526. The maximum absolute atomic E-state index is 3.50. The minimum atomic E-state index is 0.218. The van der Waals surface area contributed by atoms with E-state index in [0.29, 0.717) is 0 Å². The Labute approximate surface area is 129 Å². The number of hydrogen-bond acceptors (Lipinski definition) is 1. The maximum Gasteiger partial charge on any atom is -0.00406 e. The van der Waals surface area contributed by atoms with Gasteiger partial charge < -0.3 is 5.32 Å². The topological polar surface area (TPSA) is 12.0 Å². The third-order valence-corrected chi connectivity index (χ3v) is 4.13. The Balaban J connectivity index is 2.04. The number of hydrogen-bond donors (Lipinski definition) is 1. The molecule has 1 N–H and O–H groups in total. The van der Waals surface area contributed by atoms with Crippen LogP contribution in [0.15, 0.2) is 54.6 Å². The second kappa shape index (κ2) is 7.42.